The summed E-state index contributed by atoms with van der Waals surface area (Å²) in [5, 5.41) is 2.82. The summed E-state index contributed by atoms with van der Waals surface area (Å²) in [4.78, 5) is 16.2. The Bertz CT molecular complexity index is 717. The average Bonchev–Trinajstić information content (AvgIpc) is 2.95. The molecule has 0 spiro atoms. The van der Waals surface area contributed by atoms with Gasteiger partial charge in [-0.3, -0.25) is 4.79 Å². The highest BCUT2D eigenvalue weighted by atomic mass is 19.4. The van der Waals surface area contributed by atoms with Gasteiger partial charge in [-0.25, -0.2) is 4.98 Å². The lowest BCUT2D eigenvalue weighted by Crippen LogP contribution is -2.26. The zero-order valence-corrected chi connectivity index (χ0v) is 13.3. The van der Waals surface area contributed by atoms with Crippen LogP contribution in [0.3, 0.4) is 0 Å². The molecule has 0 aromatic carbocycles. The predicted molar refractivity (Wildman–Crippen MR) is 83.2 cm³/mol. The minimum atomic E-state index is -4.38. The summed E-state index contributed by atoms with van der Waals surface area (Å²) < 4.78 is 39.5. The van der Waals surface area contributed by atoms with E-state index in [0.717, 1.165) is 25.1 Å². The lowest BCUT2D eigenvalue weighted by Gasteiger charge is -2.20. The molecule has 0 bridgehead atoms. The number of halogens is 3. The highest BCUT2D eigenvalue weighted by molar-refractivity contribution is 5.76. The number of aromatic nitrogens is 2. The molecule has 1 fully saturated rings. The predicted octanol–water partition coefficient (Wildman–Crippen LogP) is 3.94. The summed E-state index contributed by atoms with van der Waals surface area (Å²) in [5.41, 5.74) is 0.256. The number of nitrogens with zero attached hydrogens (tertiary/aromatic N) is 2. The lowest BCUT2D eigenvalue weighted by atomic mass is 9.87. The third-order valence-electron chi connectivity index (χ3n) is 4.49. The van der Waals surface area contributed by atoms with Crippen LogP contribution in [0.25, 0.3) is 5.65 Å². The van der Waals surface area contributed by atoms with Crippen LogP contribution in [-0.4, -0.2) is 15.3 Å². The Morgan fingerprint density at radius 3 is 2.67 bits per heavy atom. The normalized spacial score (nSPS) is 16.5. The number of nitrogens with one attached hydrogen (secondary N) is 1. The van der Waals surface area contributed by atoms with Crippen molar-refractivity contribution in [3.63, 3.8) is 0 Å². The molecule has 0 atom stereocenters. The molecule has 0 aliphatic heterocycles. The Morgan fingerprint density at radius 1 is 1.21 bits per heavy atom. The molecule has 130 valence electrons. The lowest BCUT2D eigenvalue weighted by molar-refractivity contribution is -0.137. The summed E-state index contributed by atoms with van der Waals surface area (Å²) >= 11 is 0. The Kier molecular flexibility index (Phi) is 4.78. The molecule has 7 heteroatoms. The summed E-state index contributed by atoms with van der Waals surface area (Å²) in [6.45, 7) is 0.231. The second-order valence-electron chi connectivity index (χ2n) is 6.40. The molecule has 2 aromatic rings. The molecule has 3 rings (SSSR count). The van der Waals surface area contributed by atoms with Crippen LogP contribution in [0, 0.1) is 5.92 Å². The van der Waals surface area contributed by atoms with Crippen molar-refractivity contribution in [2.24, 2.45) is 5.92 Å². The van der Waals surface area contributed by atoms with E-state index in [1.807, 2.05) is 0 Å². The first-order valence-corrected chi connectivity index (χ1v) is 8.23. The highest BCUT2D eigenvalue weighted by Gasteiger charge is 2.30. The monoisotopic (exact) mass is 339 g/mol. The zero-order chi connectivity index (χ0) is 17.2. The number of hydrogen-bond donors (Lipinski definition) is 1. The standard InChI is InChI=1S/C17H20F3N3O/c18-17(19,20)13-6-7-15-22-14(11-23(15)10-13)9-21-16(24)8-12-4-2-1-3-5-12/h6-7,10-12H,1-5,8-9H2,(H,21,24). The van der Waals surface area contributed by atoms with Gasteiger partial charge in [0.25, 0.3) is 0 Å². The molecule has 1 saturated carbocycles. The van der Waals surface area contributed by atoms with E-state index in [4.69, 9.17) is 0 Å². The summed E-state index contributed by atoms with van der Waals surface area (Å²) in [6.07, 6.45) is 4.49. The molecule has 1 N–H and O–H groups in total. The van der Waals surface area contributed by atoms with Crippen molar-refractivity contribution < 1.29 is 18.0 Å². The van der Waals surface area contributed by atoms with Gasteiger partial charge < -0.3 is 9.72 Å². The maximum absolute atomic E-state index is 12.7. The van der Waals surface area contributed by atoms with Gasteiger partial charge in [0, 0.05) is 18.8 Å². The molecule has 0 radical (unpaired) electrons. The fourth-order valence-corrected chi connectivity index (χ4v) is 3.21. The Labute approximate surface area is 138 Å². The van der Waals surface area contributed by atoms with Crippen LogP contribution in [0.4, 0.5) is 13.2 Å². The number of pyridine rings is 1. The number of rotatable bonds is 4. The molecule has 1 aliphatic rings. The van der Waals surface area contributed by atoms with E-state index >= 15 is 0 Å². The number of hydrogen-bond acceptors (Lipinski definition) is 2. The topological polar surface area (TPSA) is 46.4 Å². The number of carbonyl (C=O) groups excluding carboxylic acids is 1. The Balaban J connectivity index is 1.59. The minimum absolute atomic E-state index is 0.0186. The molecular weight excluding hydrogens is 319 g/mol. The van der Waals surface area contributed by atoms with Gasteiger partial charge in [-0.05, 0) is 30.9 Å². The highest BCUT2D eigenvalue weighted by Crippen LogP contribution is 2.29. The van der Waals surface area contributed by atoms with E-state index < -0.39 is 11.7 Å². The molecule has 1 aliphatic carbocycles. The number of alkyl halides is 3. The molecule has 0 unspecified atom stereocenters. The van der Waals surface area contributed by atoms with Gasteiger partial charge in [-0.2, -0.15) is 13.2 Å². The number of imidazole rings is 1. The van der Waals surface area contributed by atoms with E-state index in [9.17, 15) is 18.0 Å². The van der Waals surface area contributed by atoms with Crippen LogP contribution in [0.1, 0.15) is 49.8 Å². The maximum Gasteiger partial charge on any atom is 0.417 e. The van der Waals surface area contributed by atoms with Gasteiger partial charge in [-0.15, -0.1) is 0 Å². The quantitative estimate of drug-likeness (QED) is 0.917. The number of fused-ring (bicyclic) bond motifs is 1. The fraction of sp³-hybridized carbons (Fsp3) is 0.529. The maximum atomic E-state index is 12.7. The van der Waals surface area contributed by atoms with Gasteiger partial charge in [0.2, 0.25) is 5.91 Å². The van der Waals surface area contributed by atoms with Gasteiger partial charge in [-0.1, -0.05) is 19.3 Å². The van der Waals surface area contributed by atoms with E-state index in [0.29, 0.717) is 23.7 Å². The molecule has 2 aromatic heterocycles. The van der Waals surface area contributed by atoms with Gasteiger partial charge in [0.1, 0.15) is 5.65 Å². The second-order valence-corrected chi connectivity index (χ2v) is 6.40. The first-order valence-electron chi connectivity index (χ1n) is 8.23. The van der Waals surface area contributed by atoms with E-state index in [1.165, 1.54) is 35.9 Å². The molecule has 24 heavy (non-hydrogen) atoms. The van der Waals surface area contributed by atoms with E-state index in [2.05, 4.69) is 10.3 Å². The van der Waals surface area contributed by atoms with Crippen LogP contribution >= 0.6 is 0 Å². The van der Waals surface area contributed by atoms with E-state index in [-0.39, 0.29) is 12.5 Å². The SMILES string of the molecule is O=C(CC1CCCCC1)NCc1cn2cc(C(F)(F)F)ccc2n1. The molecule has 1 amide bonds. The minimum Gasteiger partial charge on any atom is -0.350 e. The summed E-state index contributed by atoms with van der Waals surface area (Å²) in [5.74, 6) is 0.434. The summed E-state index contributed by atoms with van der Waals surface area (Å²) in [6, 6.07) is 2.34. The van der Waals surface area contributed by atoms with Crippen molar-refractivity contribution in [3.8, 4) is 0 Å². The molecule has 0 saturated heterocycles. The smallest absolute Gasteiger partial charge is 0.350 e. The summed E-state index contributed by atoms with van der Waals surface area (Å²) in [7, 11) is 0. The largest absolute Gasteiger partial charge is 0.417 e. The van der Waals surface area contributed by atoms with Crippen molar-refractivity contribution in [3.05, 3.63) is 35.8 Å². The first kappa shape index (κ1) is 16.8. The van der Waals surface area contributed by atoms with Crippen LogP contribution in [0.2, 0.25) is 0 Å². The van der Waals surface area contributed by atoms with Crippen molar-refractivity contribution in [1.29, 1.82) is 0 Å². The van der Waals surface area contributed by atoms with Gasteiger partial charge in [0.15, 0.2) is 0 Å². The van der Waals surface area contributed by atoms with Crippen molar-refractivity contribution in [1.82, 2.24) is 14.7 Å². The zero-order valence-electron chi connectivity index (χ0n) is 13.3. The third kappa shape index (κ3) is 4.07. The fourth-order valence-electron chi connectivity index (χ4n) is 3.21. The van der Waals surface area contributed by atoms with E-state index in [1.54, 1.807) is 0 Å². The van der Waals surface area contributed by atoms with Crippen LogP contribution < -0.4 is 5.32 Å². The number of carbonyl (C=O) groups is 1. The first-order chi connectivity index (χ1) is 11.4. The molecular formula is C17H20F3N3O. The van der Waals surface area contributed by atoms with Gasteiger partial charge >= 0.3 is 6.18 Å². The molecule has 4 nitrogen and oxygen atoms in total. The third-order valence-corrected chi connectivity index (χ3v) is 4.49. The van der Waals surface area contributed by atoms with Crippen LogP contribution in [-0.2, 0) is 17.5 Å². The van der Waals surface area contributed by atoms with Crippen molar-refractivity contribution >= 4 is 11.6 Å². The van der Waals surface area contributed by atoms with Gasteiger partial charge in [0.05, 0.1) is 17.8 Å². The average molecular weight is 339 g/mol. The Hall–Kier alpha value is -2.05. The van der Waals surface area contributed by atoms with Crippen LogP contribution in [0.5, 0.6) is 0 Å². The molecule has 2 heterocycles. The number of amides is 1. The second kappa shape index (κ2) is 6.83. The van der Waals surface area contributed by atoms with Crippen molar-refractivity contribution in [2.75, 3.05) is 0 Å². The van der Waals surface area contributed by atoms with Crippen LogP contribution in [0.15, 0.2) is 24.5 Å². The van der Waals surface area contributed by atoms with Crippen molar-refractivity contribution in [2.45, 2.75) is 51.2 Å². The Morgan fingerprint density at radius 2 is 1.96 bits per heavy atom.